The maximum absolute atomic E-state index is 9.15. The third-order valence-corrected chi connectivity index (χ3v) is 2.54. The van der Waals surface area contributed by atoms with Gasteiger partial charge in [-0.05, 0) is 24.7 Å². The Hall–Kier alpha value is -0.300. The molecule has 1 nitrogen and oxygen atoms in total. The third-order valence-electron chi connectivity index (χ3n) is 2.54. The Kier molecular flexibility index (Phi) is 2.14. The van der Waals surface area contributed by atoms with Crippen LogP contribution in [0.5, 0.6) is 0 Å². The highest BCUT2D eigenvalue weighted by Gasteiger charge is 2.22. The molecule has 1 aliphatic carbocycles. The molecule has 0 aromatic heterocycles. The van der Waals surface area contributed by atoms with Crippen LogP contribution in [0.15, 0.2) is 12.2 Å². The monoisotopic (exact) mass is 140 g/mol. The standard InChI is InChI=1S/C9H16O/c1-3-9(2)6-4-8(10)5-7-9/h4,6,8,10H,3,5,7H2,1-2H3. The van der Waals surface area contributed by atoms with Crippen molar-refractivity contribution in [3.63, 3.8) is 0 Å². The molecule has 0 bridgehead atoms. The molecular weight excluding hydrogens is 124 g/mol. The lowest BCUT2D eigenvalue weighted by atomic mass is 9.78. The summed E-state index contributed by atoms with van der Waals surface area (Å²) in [6.45, 7) is 4.44. The van der Waals surface area contributed by atoms with Crippen LogP contribution in [0, 0.1) is 5.41 Å². The molecular formula is C9H16O. The van der Waals surface area contributed by atoms with Gasteiger partial charge in [0.15, 0.2) is 0 Å². The molecule has 1 aliphatic rings. The zero-order valence-corrected chi connectivity index (χ0v) is 6.80. The zero-order valence-electron chi connectivity index (χ0n) is 6.80. The molecule has 2 unspecified atom stereocenters. The quantitative estimate of drug-likeness (QED) is 0.553. The molecule has 2 atom stereocenters. The summed E-state index contributed by atoms with van der Waals surface area (Å²) in [5.74, 6) is 0. The lowest BCUT2D eigenvalue weighted by Gasteiger charge is -2.29. The van der Waals surface area contributed by atoms with E-state index >= 15 is 0 Å². The van der Waals surface area contributed by atoms with Gasteiger partial charge in [-0.2, -0.15) is 0 Å². The van der Waals surface area contributed by atoms with Crippen molar-refractivity contribution in [3.05, 3.63) is 12.2 Å². The Morgan fingerprint density at radius 2 is 2.40 bits per heavy atom. The van der Waals surface area contributed by atoms with Crippen molar-refractivity contribution in [3.8, 4) is 0 Å². The minimum atomic E-state index is -0.181. The number of rotatable bonds is 1. The first-order chi connectivity index (χ1) is 4.66. The topological polar surface area (TPSA) is 20.2 Å². The minimum Gasteiger partial charge on any atom is -0.389 e. The first-order valence-corrected chi connectivity index (χ1v) is 4.04. The largest absolute Gasteiger partial charge is 0.389 e. The summed E-state index contributed by atoms with van der Waals surface area (Å²) in [6, 6.07) is 0. The maximum atomic E-state index is 9.15. The molecule has 0 radical (unpaired) electrons. The fourth-order valence-corrected chi connectivity index (χ4v) is 1.30. The molecule has 0 heterocycles. The van der Waals surface area contributed by atoms with Gasteiger partial charge in [-0.1, -0.05) is 26.0 Å². The Labute approximate surface area is 62.8 Å². The Morgan fingerprint density at radius 1 is 1.70 bits per heavy atom. The van der Waals surface area contributed by atoms with Gasteiger partial charge in [0.25, 0.3) is 0 Å². The van der Waals surface area contributed by atoms with E-state index in [1.807, 2.05) is 6.08 Å². The number of hydrogen-bond acceptors (Lipinski definition) is 1. The van der Waals surface area contributed by atoms with Crippen molar-refractivity contribution in [2.75, 3.05) is 0 Å². The van der Waals surface area contributed by atoms with E-state index in [0.717, 1.165) is 12.8 Å². The molecule has 0 aromatic carbocycles. The second-order valence-corrected chi connectivity index (χ2v) is 3.47. The Morgan fingerprint density at radius 3 is 2.80 bits per heavy atom. The lowest BCUT2D eigenvalue weighted by Crippen LogP contribution is -2.20. The van der Waals surface area contributed by atoms with E-state index in [-0.39, 0.29) is 6.10 Å². The highest BCUT2D eigenvalue weighted by molar-refractivity contribution is 5.04. The van der Waals surface area contributed by atoms with Gasteiger partial charge in [0.1, 0.15) is 0 Å². The smallest absolute Gasteiger partial charge is 0.0721 e. The van der Waals surface area contributed by atoms with Crippen LogP contribution in [0.4, 0.5) is 0 Å². The van der Waals surface area contributed by atoms with Gasteiger partial charge in [0.2, 0.25) is 0 Å². The Balaban J connectivity index is 2.59. The molecule has 1 heteroatoms. The van der Waals surface area contributed by atoms with Crippen LogP contribution in [0.3, 0.4) is 0 Å². The van der Waals surface area contributed by atoms with Crippen molar-refractivity contribution < 1.29 is 5.11 Å². The molecule has 0 fully saturated rings. The molecule has 0 saturated carbocycles. The van der Waals surface area contributed by atoms with E-state index in [1.54, 1.807) is 0 Å². The Bertz CT molecular complexity index is 140. The van der Waals surface area contributed by atoms with E-state index in [9.17, 15) is 0 Å². The van der Waals surface area contributed by atoms with Crippen LogP contribution in [-0.4, -0.2) is 11.2 Å². The molecule has 0 aromatic rings. The molecule has 1 rings (SSSR count). The maximum Gasteiger partial charge on any atom is 0.0721 e. The van der Waals surface area contributed by atoms with Gasteiger partial charge in [-0.3, -0.25) is 0 Å². The molecule has 0 saturated heterocycles. The van der Waals surface area contributed by atoms with E-state index in [0.29, 0.717) is 5.41 Å². The van der Waals surface area contributed by atoms with E-state index in [2.05, 4.69) is 19.9 Å². The number of aliphatic hydroxyl groups is 1. The van der Waals surface area contributed by atoms with Crippen molar-refractivity contribution in [2.45, 2.75) is 39.2 Å². The summed E-state index contributed by atoms with van der Waals surface area (Å²) in [5.41, 5.74) is 0.360. The van der Waals surface area contributed by atoms with Gasteiger partial charge in [-0.25, -0.2) is 0 Å². The predicted octanol–water partition coefficient (Wildman–Crippen LogP) is 2.11. The highest BCUT2D eigenvalue weighted by atomic mass is 16.3. The third kappa shape index (κ3) is 1.60. The summed E-state index contributed by atoms with van der Waals surface area (Å²) >= 11 is 0. The van der Waals surface area contributed by atoms with Gasteiger partial charge in [-0.15, -0.1) is 0 Å². The first kappa shape index (κ1) is 7.80. The summed E-state index contributed by atoms with van der Waals surface area (Å²) in [7, 11) is 0. The van der Waals surface area contributed by atoms with E-state index in [4.69, 9.17) is 5.11 Å². The molecule has 1 N–H and O–H groups in total. The second-order valence-electron chi connectivity index (χ2n) is 3.47. The molecule has 0 spiro atoms. The van der Waals surface area contributed by atoms with Crippen LogP contribution in [0.2, 0.25) is 0 Å². The summed E-state index contributed by atoms with van der Waals surface area (Å²) < 4.78 is 0. The van der Waals surface area contributed by atoms with Crippen LogP contribution in [-0.2, 0) is 0 Å². The van der Waals surface area contributed by atoms with E-state index < -0.39 is 0 Å². The van der Waals surface area contributed by atoms with Gasteiger partial charge in [0, 0.05) is 0 Å². The average Bonchev–Trinajstić information content (AvgIpc) is 1.96. The number of hydrogen-bond donors (Lipinski definition) is 1. The van der Waals surface area contributed by atoms with Crippen molar-refractivity contribution in [1.82, 2.24) is 0 Å². The van der Waals surface area contributed by atoms with Crippen molar-refractivity contribution in [2.24, 2.45) is 5.41 Å². The van der Waals surface area contributed by atoms with Crippen LogP contribution in [0.25, 0.3) is 0 Å². The van der Waals surface area contributed by atoms with Crippen LogP contribution in [0.1, 0.15) is 33.1 Å². The molecule has 0 amide bonds. The SMILES string of the molecule is CCC1(C)C=CC(O)CC1. The summed E-state index contributed by atoms with van der Waals surface area (Å²) in [4.78, 5) is 0. The van der Waals surface area contributed by atoms with Crippen LogP contribution >= 0.6 is 0 Å². The fourth-order valence-electron chi connectivity index (χ4n) is 1.30. The van der Waals surface area contributed by atoms with Crippen molar-refractivity contribution >= 4 is 0 Å². The predicted molar refractivity (Wildman–Crippen MR) is 42.8 cm³/mol. The minimum absolute atomic E-state index is 0.181. The highest BCUT2D eigenvalue weighted by Crippen LogP contribution is 2.33. The van der Waals surface area contributed by atoms with Crippen molar-refractivity contribution in [1.29, 1.82) is 0 Å². The second kappa shape index (κ2) is 2.75. The normalized spacial score (nSPS) is 40.1. The van der Waals surface area contributed by atoms with Gasteiger partial charge >= 0.3 is 0 Å². The molecule has 58 valence electrons. The van der Waals surface area contributed by atoms with Crippen LogP contribution < -0.4 is 0 Å². The average molecular weight is 140 g/mol. The summed E-state index contributed by atoms with van der Waals surface area (Å²) in [6.07, 6.45) is 7.13. The lowest BCUT2D eigenvalue weighted by molar-refractivity contribution is 0.173. The zero-order chi connectivity index (χ0) is 7.61. The first-order valence-electron chi connectivity index (χ1n) is 4.04. The number of allylic oxidation sites excluding steroid dienone is 1. The van der Waals surface area contributed by atoms with Gasteiger partial charge < -0.3 is 5.11 Å². The molecule has 0 aliphatic heterocycles. The van der Waals surface area contributed by atoms with Gasteiger partial charge in [0.05, 0.1) is 6.10 Å². The molecule has 10 heavy (non-hydrogen) atoms. The number of aliphatic hydroxyl groups excluding tert-OH is 1. The summed E-state index contributed by atoms with van der Waals surface area (Å²) in [5, 5.41) is 9.15. The van der Waals surface area contributed by atoms with E-state index in [1.165, 1.54) is 6.42 Å². The fraction of sp³-hybridized carbons (Fsp3) is 0.778.